The predicted molar refractivity (Wildman–Crippen MR) is 59.1 cm³/mol. The van der Waals surface area contributed by atoms with Crippen LogP contribution in [0.4, 0.5) is 4.79 Å². The normalized spacial score (nSPS) is 9.62. The summed E-state index contributed by atoms with van der Waals surface area (Å²) in [5, 5.41) is 0. The van der Waals surface area contributed by atoms with Gasteiger partial charge in [0.25, 0.3) is 0 Å². The van der Waals surface area contributed by atoms with Crippen molar-refractivity contribution in [2.75, 3.05) is 14.2 Å². The molecule has 0 spiro atoms. The lowest BCUT2D eigenvalue weighted by molar-refractivity contribution is 0.244. The van der Waals surface area contributed by atoms with Gasteiger partial charge in [-0.25, -0.2) is 10.2 Å². The molecule has 0 saturated carbocycles. The molecule has 0 aromatic heterocycles. The van der Waals surface area contributed by atoms with Crippen LogP contribution < -0.4 is 26.1 Å². The van der Waals surface area contributed by atoms with Gasteiger partial charge in [0.15, 0.2) is 0 Å². The smallest absolute Gasteiger partial charge is 0.326 e. The molecule has 4 N–H and O–H groups in total. The van der Waals surface area contributed by atoms with Crippen LogP contribution in [0.15, 0.2) is 18.2 Å². The number of urea groups is 1. The minimum absolute atomic E-state index is 0.392. The molecule has 16 heavy (non-hydrogen) atoms. The zero-order valence-electron chi connectivity index (χ0n) is 9.24. The quantitative estimate of drug-likeness (QED) is 0.632. The van der Waals surface area contributed by atoms with Crippen molar-refractivity contribution in [3.05, 3.63) is 23.8 Å². The van der Waals surface area contributed by atoms with E-state index in [1.165, 1.54) is 0 Å². The van der Waals surface area contributed by atoms with Crippen LogP contribution in [0.3, 0.4) is 0 Å². The van der Waals surface area contributed by atoms with E-state index < -0.39 is 6.03 Å². The van der Waals surface area contributed by atoms with Crippen molar-refractivity contribution in [3.63, 3.8) is 0 Å². The lowest BCUT2D eigenvalue weighted by Crippen LogP contribution is -2.40. The van der Waals surface area contributed by atoms with Crippen molar-refractivity contribution in [2.45, 2.75) is 6.54 Å². The molecular formula is C10H15N3O3. The van der Waals surface area contributed by atoms with E-state index in [0.29, 0.717) is 12.3 Å². The molecule has 88 valence electrons. The van der Waals surface area contributed by atoms with Gasteiger partial charge in [-0.1, -0.05) is 0 Å². The highest BCUT2D eigenvalue weighted by Crippen LogP contribution is 2.23. The average molecular weight is 225 g/mol. The zero-order chi connectivity index (χ0) is 12.0. The van der Waals surface area contributed by atoms with E-state index in [0.717, 1.165) is 11.3 Å². The summed E-state index contributed by atoms with van der Waals surface area (Å²) in [6, 6.07) is 4.76. The summed E-state index contributed by atoms with van der Waals surface area (Å²) in [6.45, 7) is 0.392. The van der Waals surface area contributed by atoms with Crippen molar-refractivity contribution < 1.29 is 14.3 Å². The SMILES string of the molecule is COc1ccc(OC)c(CNNC(N)=O)c1. The van der Waals surface area contributed by atoms with E-state index in [2.05, 4.69) is 10.9 Å². The van der Waals surface area contributed by atoms with E-state index in [1.807, 2.05) is 6.07 Å². The molecule has 6 heteroatoms. The number of hydrogen-bond donors (Lipinski definition) is 3. The topological polar surface area (TPSA) is 85.6 Å². The highest BCUT2D eigenvalue weighted by molar-refractivity contribution is 5.70. The number of rotatable bonds is 5. The van der Waals surface area contributed by atoms with E-state index in [-0.39, 0.29) is 0 Å². The van der Waals surface area contributed by atoms with Gasteiger partial charge < -0.3 is 15.2 Å². The van der Waals surface area contributed by atoms with Gasteiger partial charge in [0.05, 0.1) is 14.2 Å². The van der Waals surface area contributed by atoms with Crippen LogP contribution in [0.5, 0.6) is 11.5 Å². The van der Waals surface area contributed by atoms with Crippen molar-refractivity contribution in [1.29, 1.82) is 0 Å². The van der Waals surface area contributed by atoms with Crippen LogP contribution in [0.2, 0.25) is 0 Å². The van der Waals surface area contributed by atoms with Crippen molar-refractivity contribution in [2.24, 2.45) is 5.73 Å². The average Bonchev–Trinajstić information content (AvgIpc) is 2.28. The third-order valence-electron chi connectivity index (χ3n) is 1.98. The number of carbonyl (C=O) groups excluding carboxylic acids is 1. The first-order chi connectivity index (χ1) is 7.67. The fourth-order valence-electron chi connectivity index (χ4n) is 1.25. The molecule has 0 bridgehead atoms. The van der Waals surface area contributed by atoms with Gasteiger partial charge >= 0.3 is 6.03 Å². The van der Waals surface area contributed by atoms with Crippen molar-refractivity contribution >= 4 is 6.03 Å². The van der Waals surface area contributed by atoms with Crippen LogP contribution in [0, 0.1) is 0 Å². The maximum atomic E-state index is 10.5. The molecule has 0 aliphatic carbocycles. The number of hydrogen-bond acceptors (Lipinski definition) is 4. The third-order valence-corrected chi connectivity index (χ3v) is 1.98. The largest absolute Gasteiger partial charge is 0.497 e. The molecular weight excluding hydrogens is 210 g/mol. The van der Waals surface area contributed by atoms with Gasteiger partial charge in [-0.2, -0.15) is 0 Å². The first-order valence-electron chi connectivity index (χ1n) is 4.66. The summed E-state index contributed by atoms with van der Waals surface area (Å²) >= 11 is 0. The Hall–Kier alpha value is -1.95. The van der Waals surface area contributed by atoms with E-state index in [9.17, 15) is 4.79 Å². The Balaban J connectivity index is 2.71. The van der Waals surface area contributed by atoms with Crippen LogP contribution in [0.25, 0.3) is 0 Å². The molecule has 0 radical (unpaired) electrons. The minimum atomic E-state index is -0.637. The number of methoxy groups -OCH3 is 2. The lowest BCUT2D eigenvalue weighted by Gasteiger charge is -2.11. The zero-order valence-corrected chi connectivity index (χ0v) is 9.24. The van der Waals surface area contributed by atoms with Gasteiger partial charge in [0.2, 0.25) is 0 Å². The maximum Gasteiger partial charge on any atom is 0.326 e. The van der Waals surface area contributed by atoms with Crippen LogP contribution in [-0.4, -0.2) is 20.3 Å². The summed E-state index contributed by atoms with van der Waals surface area (Å²) in [5.41, 5.74) is 10.7. The van der Waals surface area contributed by atoms with Gasteiger partial charge in [0, 0.05) is 12.1 Å². The van der Waals surface area contributed by atoms with Gasteiger partial charge in [-0.3, -0.25) is 5.43 Å². The highest BCUT2D eigenvalue weighted by Gasteiger charge is 2.04. The second kappa shape index (κ2) is 5.82. The third kappa shape index (κ3) is 3.32. The van der Waals surface area contributed by atoms with Crippen LogP contribution in [-0.2, 0) is 6.54 Å². The van der Waals surface area contributed by atoms with Crippen molar-refractivity contribution in [3.8, 4) is 11.5 Å². The lowest BCUT2D eigenvalue weighted by atomic mass is 10.2. The molecule has 0 aliphatic heterocycles. The second-order valence-electron chi connectivity index (χ2n) is 3.02. The van der Waals surface area contributed by atoms with Gasteiger partial charge in [0.1, 0.15) is 11.5 Å². The maximum absolute atomic E-state index is 10.5. The number of primary amides is 1. The summed E-state index contributed by atoms with van der Waals surface area (Å²) in [5.74, 6) is 1.43. The Morgan fingerprint density at radius 2 is 2.12 bits per heavy atom. The van der Waals surface area contributed by atoms with Gasteiger partial charge in [-0.05, 0) is 18.2 Å². The molecule has 0 fully saturated rings. The number of ether oxygens (including phenoxy) is 2. The predicted octanol–water partition coefficient (Wildman–Crippen LogP) is 0.377. The number of benzene rings is 1. The molecule has 0 atom stereocenters. The summed E-state index contributed by atoms with van der Waals surface area (Å²) in [6.07, 6.45) is 0. The number of nitrogens with two attached hydrogens (primary N) is 1. The first kappa shape index (κ1) is 12.1. The summed E-state index contributed by atoms with van der Waals surface area (Å²) in [7, 11) is 3.16. The first-order valence-corrected chi connectivity index (χ1v) is 4.66. The Bertz CT molecular complexity index is 368. The fourth-order valence-corrected chi connectivity index (χ4v) is 1.25. The Labute approximate surface area is 93.7 Å². The number of hydrazine groups is 1. The Morgan fingerprint density at radius 1 is 1.38 bits per heavy atom. The van der Waals surface area contributed by atoms with Gasteiger partial charge in [-0.15, -0.1) is 0 Å². The molecule has 1 aromatic carbocycles. The fraction of sp³-hybridized carbons (Fsp3) is 0.300. The number of amides is 2. The Kier molecular flexibility index (Phi) is 4.41. The van der Waals surface area contributed by atoms with Crippen molar-refractivity contribution in [1.82, 2.24) is 10.9 Å². The second-order valence-corrected chi connectivity index (χ2v) is 3.02. The van der Waals surface area contributed by atoms with E-state index in [4.69, 9.17) is 15.2 Å². The Morgan fingerprint density at radius 3 is 2.69 bits per heavy atom. The molecule has 1 aromatic rings. The standard InChI is InChI=1S/C10H15N3O3/c1-15-8-3-4-9(16-2)7(5-8)6-12-13-10(11)14/h3-5,12H,6H2,1-2H3,(H3,11,13,14). The van der Waals surface area contributed by atoms with E-state index in [1.54, 1.807) is 26.4 Å². The highest BCUT2D eigenvalue weighted by atomic mass is 16.5. The summed E-state index contributed by atoms with van der Waals surface area (Å²) in [4.78, 5) is 10.5. The number of nitrogens with one attached hydrogen (secondary N) is 2. The molecule has 0 heterocycles. The molecule has 0 saturated heterocycles. The minimum Gasteiger partial charge on any atom is -0.497 e. The molecule has 2 amide bonds. The molecule has 6 nitrogen and oxygen atoms in total. The molecule has 0 unspecified atom stereocenters. The van der Waals surface area contributed by atoms with E-state index >= 15 is 0 Å². The number of carbonyl (C=O) groups is 1. The summed E-state index contributed by atoms with van der Waals surface area (Å²) < 4.78 is 10.2. The van der Waals surface area contributed by atoms with Crippen LogP contribution in [0.1, 0.15) is 5.56 Å². The molecule has 1 rings (SSSR count). The van der Waals surface area contributed by atoms with Crippen LogP contribution >= 0.6 is 0 Å². The molecule has 0 aliphatic rings. The monoisotopic (exact) mass is 225 g/mol.